The molecule has 1 fully saturated rings. The Balaban J connectivity index is 1.81. The summed E-state index contributed by atoms with van der Waals surface area (Å²) in [6.45, 7) is 6.73. The van der Waals surface area contributed by atoms with E-state index in [1.165, 1.54) is 28.9 Å². The molecule has 0 saturated heterocycles. The van der Waals surface area contributed by atoms with Crippen molar-refractivity contribution in [3.63, 3.8) is 0 Å². The zero-order valence-corrected chi connectivity index (χ0v) is 15.9. The highest BCUT2D eigenvalue weighted by Gasteiger charge is 2.32. The number of methoxy groups -OCH3 is 2. The molecular formula is C19H28N3O2S+. The highest BCUT2D eigenvalue weighted by atomic mass is 32.1. The van der Waals surface area contributed by atoms with Crippen LogP contribution in [0, 0.1) is 0 Å². The zero-order chi connectivity index (χ0) is 17.8. The van der Waals surface area contributed by atoms with E-state index in [-0.39, 0.29) is 0 Å². The van der Waals surface area contributed by atoms with E-state index in [2.05, 4.69) is 29.3 Å². The molecule has 6 heteroatoms. The van der Waals surface area contributed by atoms with E-state index >= 15 is 0 Å². The standard InChI is InChI=1S/C19H27N3O2S/c1-4-8-22-9-7-13-10-17(23-2)18(24-3)11-15(13)16(22)12-20-19(25)21-14-5-6-14/h4,10-11,14,16H,1,5-9,12H2,2-3H3,(H2,20,21,25)/p+1/t16-/m1/s1. The summed E-state index contributed by atoms with van der Waals surface area (Å²) >= 11 is 5.43. The van der Waals surface area contributed by atoms with Gasteiger partial charge in [0.25, 0.3) is 0 Å². The molecule has 1 aromatic carbocycles. The Morgan fingerprint density at radius 1 is 1.32 bits per heavy atom. The fourth-order valence-electron chi connectivity index (χ4n) is 3.51. The van der Waals surface area contributed by atoms with Gasteiger partial charge in [0.15, 0.2) is 16.6 Å². The van der Waals surface area contributed by atoms with Crippen LogP contribution in [-0.4, -0.2) is 45.0 Å². The molecule has 1 saturated carbocycles. The van der Waals surface area contributed by atoms with Gasteiger partial charge in [-0.25, -0.2) is 0 Å². The number of benzene rings is 1. The Bertz CT molecular complexity index is 646. The predicted molar refractivity (Wildman–Crippen MR) is 104 cm³/mol. The maximum Gasteiger partial charge on any atom is 0.166 e. The van der Waals surface area contributed by atoms with Crippen LogP contribution in [0.5, 0.6) is 11.5 Å². The van der Waals surface area contributed by atoms with Crippen LogP contribution < -0.4 is 25.0 Å². The molecule has 0 radical (unpaired) electrons. The Hall–Kier alpha value is -1.79. The van der Waals surface area contributed by atoms with Gasteiger partial charge in [-0.1, -0.05) is 6.58 Å². The van der Waals surface area contributed by atoms with E-state index in [9.17, 15) is 0 Å². The van der Waals surface area contributed by atoms with Crippen molar-refractivity contribution in [3.05, 3.63) is 35.9 Å². The number of fused-ring (bicyclic) bond motifs is 1. The van der Waals surface area contributed by atoms with Crippen molar-refractivity contribution < 1.29 is 14.4 Å². The Labute approximate surface area is 155 Å². The Morgan fingerprint density at radius 2 is 2.04 bits per heavy atom. The second-order valence-corrected chi connectivity index (χ2v) is 7.15. The molecule has 3 N–H and O–H groups in total. The summed E-state index contributed by atoms with van der Waals surface area (Å²) in [6.07, 6.45) is 5.47. The summed E-state index contributed by atoms with van der Waals surface area (Å²) in [6, 6.07) is 5.12. The van der Waals surface area contributed by atoms with Gasteiger partial charge in [-0.2, -0.15) is 0 Å². The third kappa shape index (κ3) is 4.25. The molecule has 0 bridgehead atoms. The summed E-state index contributed by atoms with van der Waals surface area (Å²) in [5, 5.41) is 7.52. The van der Waals surface area contributed by atoms with Gasteiger partial charge in [0, 0.05) is 18.0 Å². The minimum atomic E-state index is 0.306. The number of thiocarbonyl (C=S) groups is 1. The van der Waals surface area contributed by atoms with Crippen LogP contribution in [0.4, 0.5) is 0 Å². The second-order valence-electron chi connectivity index (χ2n) is 6.74. The molecule has 0 spiro atoms. The van der Waals surface area contributed by atoms with E-state index in [4.69, 9.17) is 21.7 Å². The number of hydrogen-bond donors (Lipinski definition) is 3. The van der Waals surface area contributed by atoms with Gasteiger partial charge in [0.1, 0.15) is 6.04 Å². The molecule has 5 nitrogen and oxygen atoms in total. The van der Waals surface area contributed by atoms with Gasteiger partial charge < -0.3 is 25.0 Å². The van der Waals surface area contributed by atoms with Gasteiger partial charge >= 0.3 is 0 Å². The summed E-state index contributed by atoms with van der Waals surface area (Å²) in [7, 11) is 3.37. The number of hydrogen-bond acceptors (Lipinski definition) is 3. The molecule has 136 valence electrons. The summed E-state index contributed by atoms with van der Waals surface area (Å²) in [5.74, 6) is 1.58. The molecular weight excluding hydrogens is 334 g/mol. The van der Waals surface area contributed by atoms with Gasteiger partial charge in [-0.15, -0.1) is 0 Å². The number of nitrogens with one attached hydrogen (secondary N) is 3. The van der Waals surface area contributed by atoms with Crippen molar-refractivity contribution in [3.8, 4) is 11.5 Å². The molecule has 3 rings (SSSR count). The smallest absolute Gasteiger partial charge is 0.166 e. The fourth-order valence-corrected chi connectivity index (χ4v) is 3.76. The third-order valence-corrected chi connectivity index (χ3v) is 5.28. The highest BCUT2D eigenvalue weighted by molar-refractivity contribution is 7.80. The summed E-state index contributed by atoms with van der Waals surface area (Å²) in [5.41, 5.74) is 2.64. The van der Waals surface area contributed by atoms with Crippen LogP contribution in [0.2, 0.25) is 0 Å². The van der Waals surface area contributed by atoms with Crippen LogP contribution in [0.25, 0.3) is 0 Å². The lowest BCUT2D eigenvalue weighted by Gasteiger charge is -2.34. The largest absolute Gasteiger partial charge is 0.493 e. The average Bonchev–Trinajstić information content (AvgIpc) is 3.43. The predicted octanol–water partition coefficient (Wildman–Crippen LogP) is 0.998. The first-order valence-electron chi connectivity index (χ1n) is 8.91. The lowest BCUT2D eigenvalue weighted by Crippen LogP contribution is -3.13. The van der Waals surface area contributed by atoms with Crippen LogP contribution in [-0.2, 0) is 6.42 Å². The Morgan fingerprint density at radius 3 is 2.68 bits per heavy atom. The summed E-state index contributed by atoms with van der Waals surface area (Å²) < 4.78 is 11.0. The van der Waals surface area contributed by atoms with Crippen molar-refractivity contribution in [2.45, 2.75) is 31.3 Å². The first-order valence-corrected chi connectivity index (χ1v) is 9.31. The molecule has 1 aliphatic carbocycles. The molecule has 1 heterocycles. The molecule has 1 aliphatic heterocycles. The number of quaternary nitrogens is 1. The van der Waals surface area contributed by atoms with Gasteiger partial charge in [0.05, 0.1) is 33.9 Å². The van der Waals surface area contributed by atoms with E-state index in [1.807, 2.05) is 6.08 Å². The third-order valence-electron chi connectivity index (χ3n) is 5.01. The molecule has 2 atom stereocenters. The summed E-state index contributed by atoms with van der Waals surface area (Å²) in [4.78, 5) is 1.50. The normalized spacial score (nSPS) is 21.8. The second kappa shape index (κ2) is 8.06. The van der Waals surface area contributed by atoms with E-state index in [0.717, 1.165) is 42.7 Å². The van der Waals surface area contributed by atoms with Crippen LogP contribution in [0.3, 0.4) is 0 Å². The van der Waals surface area contributed by atoms with Crippen LogP contribution in [0.15, 0.2) is 24.8 Å². The number of rotatable bonds is 7. The maximum absolute atomic E-state index is 5.52. The monoisotopic (exact) mass is 362 g/mol. The minimum Gasteiger partial charge on any atom is -0.493 e. The highest BCUT2D eigenvalue weighted by Crippen LogP contribution is 2.34. The van der Waals surface area contributed by atoms with E-state index in [0.29, 0.717) is 12.1 Å². The minimum absolute atomic E-state index is 0.306. The first kappa shape index (κ1) is 18.0. The van der Waals surface area contributed by atoms with Crippen molar-refractivity contribution in [2.75, 3.05) is 33.9 Å². The van der Waals surface area contributed by atoms with Crippen molar-refractivity contribution in [1.29, 1.82) is 0 Å². The molecule has 0 amide bonds. The van der Waals surface area contributed by atoms with Gasteiger partial charge in [-0.3, -0.25) is 0 Å². The van der Waals surface area contributed by atoms with Gasteiger partial charge in [0.2, 0.25) is 0 Å². The van der Waals surface area contributed by atoms with Crippen molar-refractivity contribution in [2.24, 2.45) is 0 Å². The fraction of sp³-hybridized carbons (Fsp3) is 0.526. The van der Waals surface area contributed by atoms with Crippen LogP contribution in [0.1, 0.15) is 30.0 Å². The molecule has 0 aromatic heterocycles. The van der Waals surface area contributed by atoms with Crippen molar-refractivity contribution >= 4 is 17.3 Å². The molecule has 1 aromatic rings. The quantitative estimate of drug-likeness (QED) is 0.499. The number of ether oxygens (including phenoxy) is 2. The topological polar surface area (TPSA) is 47.0 Å². The van der Waals surface area contributed by atoms with Gasteiger partial charge in [-0.05, 0) is 48.8 Å². The SMILES string of the molecule is C=CC[NH+]1CCc2cc(OC)c(OC)cc2[C@H]1CNC(=S)NC1CC1. The van der Waals surface area contributed by atoms with E-state index in [1.54, 1.807) is 14.2 Å². The maximum atomic E-state index is 5.52. The first-order chi connectivity index (χ1) is 12.2. The average molecular weight is 363 g/mol. The molecule has 2 aliphatic rings. The lowest BCUT2D eigenvalue weighted by atomic mass is 9.91. The van der Waals surface area contributed by atoms with Crippen molar-refractivity contribution in [1.82, 2.24) is 10.6 Å². The molecule has 25 heavy (non-hydrogen) atoms. The van der Waals surface area contributed by atoms with Crippen LogP contribution >= 0.6 is 12.2 Å². The Kier molecular flexibility index (Phi) is 5.81. The molecule has 1 unspecified atom stereocenters. The zero-order valence-electron chi connectivity index (χ0n) is 15.1. The van der Waals surface area contributed by atoms with E-state index < -0.39 is 0 Å². The lowest BCUT2D eigenvalue weighted by molar-refractivity contribution is -0.927.